The Morgan fingerprint density at radius 2 is 2.00 bits per heavy atom. The fourth-order valence-electron chi connectivity index (χ4n) is 2.52. The van der Waals surface area contributed by atoms with E-state index in [0.29, 0.717) is 23.8 Å². The largest absolute Gasteiger partial charge is 0.493 e. The standard InChI is InChI=1S/C20H19NO4S/c1-13-5-3-4-6-15(13)11-25-17-8-7-14(9-18(17)24-2)20-21-16(12-26-20)10-19(22)23/h3-9,12H,10-11H2,1-2H3,(H,22,23). The summed E-state index contributed by atoms with van der Waals surface area (Å²) in [5.74, 6) is 0.382. The van der Waals surface area contributed by atoms with Crippen LogP contribution in [0, 0.1) is 6.92 Å². The number of methoxy groups -OCH3 is 1. The summed E-state index contributed by atoms with van der Waals surface area (Å²) in [5, 5.41) is 11.4. The molecule has 0 bridgehead atoms. The highest BCUT2D eigenvalue weighted by molar-refractivity contribution is 7.13. The van der Waals surface area contributed by atoms with E-state index < -0.39 is 5.97 Å². The number of hydrogen-bond acceptors (Lipinski definition) is 5. The predicted octanol–water partition coefficient (Wildman–Crippen LogP) is 4.33. The minimum atomic E-state index is -0.889. The smallest absolute Gasteiger partial charge is 0.309 e. The molecule has 1 heterocycles. The molecular weight excluding hydrogens is 350 g/mol. The summed E-state index contributed by atoms with van der Waals surface area (Å²) in [6, 6.07) is 13.7. The van der Waals surface area contributed by atoms with Crippen molar-refractivity contribution >= 4 is 17.3 Å². The number of benzene rings is 2. The van der Waals surface area contributed by atoms with E-state index in [-0.39, 0.29) is 6.42 Å². The average molecular weight is 369 g/mol. The number of ether oxygens (including phenoxy) is 2. The highest BCUT2D eigenvalue weighted by Gasteiger charge is 2.12. The number of hydrogen-bond donors (Lipinski definition) is 1. The lowest BCUT2D eigenvalue weighted by atomic mass is 10.1. The van der Waals surface area contributed by atoms with E-state index in [0.717, 1.165) is 16.1 Å². The summed E-state index contributed by atoms with van der Waals surface area (Å²) in [6.45, 7) is 2.51. The van der Waals surface area contributed by atoms with Crippen LogP contribution in [0.3, 0.4) is 0 Å². The molecule has 5 nitrogen and oxygen atoms in total. The van der Waals surface area contributed by atoms with Crippen molar-refractivity contribution in [2.24, 2.45) is 0 Å². The summed E-state index contributed by atoms with van der Waals surface area (Å²) in [6.07, 6.45) is -0.0781. The van der Waals surface area contributed by atoms with Gasteiger partial charge in [0.2, 0.25) is 0 Å². The maximum Gasteiger partial charge on any atom is 0.309 e. The zero-order chi connectivity index (χ0) is 18.5. The fraction of sp³-hybridized carbons (Fsp3) is 0.200. The molecule has 26 heavy (non-hydrogen) atoms. The summed E-state index contributed by atoms with van der Waals surface area (Å²) < 4.78 is 11.4. The van der Waals surface area contributed by atoms with Gasteiger partial charge in [0.15, 0.2) is 11.5 Å². The van der Waals surface area contributed by atoms with Gasteiger partial charge in [-0.05, 0) is 36.2 Å². The number of aliphatic carboxylic acids is 1. The Bertz CT molecular complexity index is 920. The van der Waals surface area contributed by atoms with Crippen LogP contribution >= 0.6 is 11.3 Å². The van der Waals surface area contributed by atoms with Crippen molar-refractivity contribution in [2.75, 3.05) is 7.11 Å². The molecule has 0 aliphatic rings. The van der Waals surface area contributed by atoms with Gasteiger partial charge in [-0.1, -0.05) is 24.3 Å². The molecule has 134 valence electrons. The van der Waals surface area contributed by atoms with Crippen molar-refractivity contribution in [3.63, 3.8) is 0 Å². The minimum absolute atomic E-state index is 0.0781. The Morgan fingerprint density at radius 1 is 1.19 bits per heavy atom. The minimum Gasteiger partial charge on any atom is -0.493 e. The highest BCUT2D eigenvalue weighted by Crippen LogP contribution is 2.34. The molecule has 1 N–H and O–H groups in total. The Hall–Kier alpha value is -2.86. The third-order valence-electron chi connectivity index (χ3n) is 3.94. The van der Waals surface area contributed by atoms with E-state index in [2.05, 4.69) is 18.0 Å². The van der Waals surface area contributed by atoms with Gasteiger partial charge in [-0.3, -0.25) is 4.79 Å². The van der Waals surface area contributed by atoms with Crippen LogP contribution in [0.2, 0.25) is 0 Å². The summed E-state index contributed by atoms with van der Waals surface area (Å²) in [4.78, 5) is 15.2. The summed E-state index contributed by atoms with van der Waals surface area (Å²) in [5.41, 5.74) is 3.72. The van der Waals surface area contributed by atoms with Crippen molar-refractivity contribution in [2.45, 2.75) is 20.0 Å². The monoisotopic (exact) mass is 369 g/mol. The Morgan fingerprint density at radius 3 is 2.73 bits per heavy atom. The van der Waals surface area contributed by atoms with Gasteiger partial charge in [0, 0.05) is 10.9 Å². The second-order valence-corrected chi connectivity index (χ2v) is 6.65. The van der Waals surface area contributed by atoms with E-state index in [9.17, 15) is 4.79 Å². The molecule has 0 fully saturated rings. The van der Waals surface area contributed by atoms with Crippen LogP contribution in [-0.2, 0) is 17.8 Å². The molecular formula is C20H19NO4S. The zero-order valence-corrected chi connectivity index (χ0v) is 15.4. The summed E-state index contributed by atoms with van der Waals surface area (Å²) >= 11 is 1.41. The third-order valence-corrected chi connectivity index (χ3v) is 4.88. The van der Waals surface area contributed by atoms with Crippen LogP contribution < -0.4 is 9.47 Å². The van der Waals surface area contributed by atoms with Gasteiger partial charge >= 0.3 is 5.97 Å². The van der Waals surface area contributed by atoms with Gasteiger partial charge in [-0.25, -0.2) is 4.98 Å². The van der Waals surface area contributed by atoms with Gasteiger partial charge < -0.3 is 14.6 Å². The molecule has 0 spiro atoms. The second kappa shape index (κ2) is 8.01. The number of aromatic nitrogens is 1. The number of carboxylic acid groups (broad SMARTS) is 1. The predicted molar refractivity (Wildman–Crippen MR) is 101 cm³/mol. The van der Waals surface area contributed by atoms with Crippen LogP contribution in [0.4, 0.5) is 0 Å². The molecule has 0 saturated heterocycles. The number of thiazole rings is 1. The van der Waals surface area contributed by atoms with E-state index in [1.165, 1.54) is 16.9 Å². The first-order valence-electron chi connectivity index (χ1n) is 8.08. The average Bonchev–Trinajstić information content (AvgIpc) is 3.08. The number of carboxylic acids is 1. The SMILES string of the molecule is COc1cc(-c2nc(CC(=O)O)cs2)ccc1OCc1ccccc1C. The number of rotatable bonds is 7. The van der Waals surface area contributed by atoms with Crippen LogP contribution in [0.25, 0.3) is 10.6 Å². The molecule has 0 amide bonds. The number of nitrogens with zero attached hydrogens (tertiary/aromatic N) is 1. The van der Waals surface area contributed by atoms with Crippen molar-refractivity contribution in [1.29, 1.82) is 0 Å². The van der Waals surface area contributed by atoms with Crippen molar-refractivity contribution in [3.8, 4) is 22.1 Å². The van der Waals surface area contributed by atoms with Gasteiger partial charge in [-0.2, -0.15) is 0 Å². The first-order chi connectivity index (χ1) is 12.6. The van der Waals surface area contributed by atoms with Crippen molar-refractivity contribution < 1.29 is 19.4 Å². The van der Waals surface area contributed by atoms with Crippen LogP contribution in [0.15, 0.2) is 47.8 Å². The third kappa shape index (κ3) is 4.21. The number of carbonyl (C=O) groups is 1. The second-order valence-electron chi connectivity index (χ2n) is 5.80. The van der Waals surface area contributed by atoms with Crippen LogP contribution in [0.1, 0.15) is 16.8 Å². The molecule has 6 heteroatoms. The Balaban J connectivity index is 1.78. The Kier molecular flexibility index (Phi) is 5.53. The normalized spacial score (nSPS) is 10.5. The summed E-state index contributed by atoms with van der Waals surface area (Å²) in [7, 11) is 1.59. The van der Waals surface area contributed by atoms with Gasteiger partial charge in [0.1, 0.15) is 11.6 Å². The van der Waals surface area contributed by atoms with Crippen molar-refractivity contribution in [3.05, 3.63) is 64.7 Å². The lowest BCUT2D eigenvalue weighted by molar-refractivity contribution is -0.136. The van der Waals surface area contributed by atoms with Crippen LogP contribution in [0.5, 0.6) is 11.5 Å². The first-order valence-corrected chi connectivity index (χ1v) is 8.96. The topological polar surface area (TPSA) is 68.7 Å². The van der Waals surface area contributed by atoms with E-state index in [1.54, 1.807) is 12.5 Å². The molecule has 2 aromatic carbocycles. The van der Waals surface area contributed by atoms with Gasteiger partial charge in [0.05, 0.1) is 19.2 Å². The molecule has 0 saturated carbocycles. The van der Waals surface area contributed by atoms with E-state index in [4.69, 9.17) is 14.6 Å². The maximum atomic E-state index is 10.8. The zero-order valence-electron chi connectivity index (χ0n) is 14.6. The van der Waals surface area contributed by atoms with Gasteiger partial charge in [-0.15, -0.1) is 11.3 Å². The maximum absolute atomic E-state index is 10.8. The molecule has 1 aromatic heterocycles. The lowest BCUT2D eigenvalue weighted by Gasteiger charge is -2.13. The van der Waals surface area contributed by atoms with E-state index >= 15 is 0 Å². The molecule has 3 aromatic rings. The fourth-order valence-corrected chi connectivity index (χ4v) is 3.34. The molecule has 0 aliphatic carbocycles. The highest BCUT2D eigenvalue weighted by atomic mass is 32.1. The molecule has 0 aliphatic heterocycles. The molecule has 0 radical (unpaired) electrons. The first kappa shape index (κ1) is 17.9. The molecule has 3 rings (SSSR count). The van der Waals surface area contributed by atoms with Crippen molar-refractivity contribution in [1.82, 2.24) is 4.98 Å². The van der Waals surface area contributed by atoms with Gasteiger partial charge in [0.25, 0.3) is 0 Å². The Labute approximate surface area is 155 Å². The quantitative estimate of drug-likeness (QED) is 0.671. The number of aryl methyl sites for hydroxylation is 1. The lowest BCUT2D eigenvalue weighted by Crippen LogP contribution is -2.00. The molecule has 0 atom stereocenters. The molecule has 0 unspecified atom stereocenters. The van der Waals surface area contributed by atoms with E-state index in [1.807, 2.05) is 36.4 Å². The van der Waals surface area contributed by atoms with Crippen LogP contribution in [-0.4, -0.2) is 23.2 Å².